The topological polar surface area (TPSA) is 85.9 Å². The molecule has 7 nitrogen and oxygen atoms in total. The maximum atomic E-state index is 12.4. The predicted molar refractivity (Wildman–Crippen MR) is 92.5 cm³/mol. The largest absolute Gasteiger partial charge is 0.490 e. The molecule has 7 heteroatoms. The molecule has 1 heterocycles. The molecule has 0 aromatic heterocycles. The van der Waals surface area contributed by atoms with Gasteiger partial charge in [0.25, 0.3) is 0 Å². The Bertz CT molecular complexity index is 684. The SMILES string of the molecule is CCOC(=O)C1=C(C)NC(=O)N[C@@H]1c1ccc(OCC)c(OCC)c1. The molecular formula is C18H24N2O5. The maximum Gasteiger partial charge on any atom is 0.338 e. The number of urea groups is 1. The third-order valence-corrected chi connectivity index (χ3v) is 3.67. The molecule has 0 spiro atoms. The molecule has 1 aliphatic heterocycles. The molecular weight excluding hydrogens is 324 g/mol. The van der Waals surface area contributed by atoms with Crippen molar-refractivity contribution in [3.05, 3.63) is 35.0 Å². The first-order valence-electron chi connectivity index (χ1n) is 8.36. The first-order chi connectivity index (χ1) is 12.0. The summed E-state index contributed by atoms with van der Waals surface area (Å²) in [6.07, 6.45) is 0. The van der Waals surface area contributed by atoms with Crippen LogP contribution in [0.5, 0.6) is 11.5 Å². The zero-order valence-corrected chi connectivity index (χ0v) is 15.0. The number of benzene rings is 1. The molecule has 136 valence electrons. The molecule has 0 aliphatic carbocycles. The molecule has 0 fully saturated rings. The molecule has 1 aromatic carbocycles. The highest BCUT2D eigenvalue weighted by molar-refractivity contribution is 5.95. The predicted octanol–water partition coefficient (Wildman–Crippen LogP) is 2.68. The number of ether oxygens (including phenoxy) is 3. The highest BCUT2D eigenvalue weighted by Gasteiger charge is 2.32. The number of amides is 2. The fraction of sp³-hybridized carbons (Fsp3) is 0.444. The van der Waals surface area contributed by atoms with Crippen molar-refractivity contribution in [3.63, 3.8) is 0 Å². The van der Waals surface area contributed by atoms with Gasteiger partial charge in [0.15, 0.2) is 11.5 Å². The van der Waals surface area contributed by atoms with E-state index in [2.05, 4.69) is 10.6 Å². The van der Waals surface area contributed by atoms with Gasteiger partial charge in [-0.25, -0.2) is 9.59 Å². The van der Waals surface area contributed by atoms with E-state index in [1.807, 2.05) is 13.8 Å². The van der Waals surface area contributed by atoms with E-state index in [9.17, 15) is 9.59 Å². The summed E-state index contributed by atoms with van der Waals surface area (Å²) in [5.41, 5.74) is 1.55. The smallest absolute Gasteiger partial charge is 0.338 e. The van der Waals surface area contributed by atoms with Crippen LogP contribution in [0.4, 0.5) is 4.79 Å². The lowest BCUT2D eigenvalue weighted by atomic mass is 9.95. The van der Waals surface area contributed by atoms with E-state index in [1.54, 1.807) is 32.0 Å². The van der Waals surface area contributed by atoms with Crippen molar-refractivity contribution in [1.29, 1.82) is 0 Å². The summed E-state index contributed by atoms with van der Waals surface area (Å²) in [7, 11) is 0. The zero-order chi connectivity index (χ0) is 18.4. The van der Waals surface area contributed by atoms with Gasteiger partial charge < -0.3 is 24.8 Å². The van der Waals surface area contributed by atoms with Crippen molar-refractivity contribution >= 4 is 12.0 Å². The van der Waals surface area contributed by atoms with Crippen LogP contribution in [-0.2, 0) is 9.53 Å². The van der Waals surface area contributed by atoms with Gasteiger partial charge in [0.05, 0.1) is 31.4 Å². The summed E-state index contributed by atoms with van der Waals surface area (Å²) in [6, 6.07) is 4.36. The van der Waals surface area contributed by atoms with Crippen LogP contribution in [-0.4, -0.2) is 31.8 Å². The molecule has 1 aliphatic rings. The number of carbonyl (C=O) groups excluding carboxylic acids is 2. The molecule has 0 saturated carbocycles. The Hall–Kier alpha value is -2.70. The lowest BCUT2D eigenvalue weighted by Gasteiger charge is -2.28. The van der Waals surface area contributed by atoms with Gasteiger partial charge in [-0.3, -0.25) is 0 Å². The summed E-state index contributed by atoms with van der Waals surface area (Å²) in [5.74, 6) is 0.714. The number of allylic oxidation sites excluding steroid dienone is 1. The molecule has 0 bridgehead atoms. The Kier molecular flexibility index (Phi) is 6.27. The molecule has 0 unspecified atom stereocenters. The fourth-order valence-electron chi connectivity index (χ4n) is 2.67. The van der Waals surface area contributed by atoms with Crippen molar-refractivity contribution in [1.82, 2.24) is 10.6 Å². The van der Waals surface area contributed by atoms with E-state index < -0.39 is 12.0 Å². The minimum absolute atomic E-state index is 0.254. The number of hydrogen-bond donors (Lipinski definition) is 2. The average Bonchev–Trinajstić information content (AvgIpc) is 2.56. The third kappa shape index (κ3) is 4.23. The van der Waals surface area contributed by atoms with Gasteiger partial charge >= 0.3 is 12.0 Å². The van der Waals surface area contributed by atoms with Gasteiger partial charge in [-0.2, -0.15) is 0 Å². The standard InChI is InChI=1S/C18H24N2O5/c1-5-23-13-9-8-12(10-14(13)24-6-2)16-15(17(21)25-7-3)11(4)19-18(22)20-16/h8-10,16H,5-7H2,1-4H3,(H2,19,20,22)/t16-/m1/s1. The third-order valence-electron chi connectivity index (χ3n) is 3.67. The van der Waals surface area contributed by atoms with E-state index in [0.717, 1.165) is 0 Å². The minimum atomic E-state index is -0.623. The van der Waals surface area contributed by atoms with Crippen molar-refractivity contribution < 1.29 is 23.8 Å². The number of carbonyl (C=O) groups is 2. The number of nitrogens with one attached hydrogen (secondary N) is 2. The average molecular weight is 348 g/mol. The second-order valence-corrected chi connectivity index (χ2v) is 5.36. The first-order valence-corrected chi connectivity index (χ1v) is 8.36. The minimum Gasteiger partial charge on any atom is -0.490 e. The van der Waals surface area contributed by atoms with E-state index in [0.29, 0.717) is 41.5 Å². The van der Waals surface area contributed by atoms with Crippen LogP contribution >= 0.6 is 0 Å². The summed E-state index contributed by atoms with van der Waals surface area (Å²) in [4.78, 5) is 24.3. The summed E-state index contributed by atoms with van der Waals surface area (Å²) < 4.78 is 16.3. The highest BCUT2D eigenvalue weighted by Crippen LogP contribution is 2.34. The fourth-order valence-corrected chi connectivity index (χ4v) is 2.67. The second-order valence-electron chi connectivity index (χ2n) is 5.36. The summed E-state index contributed by atoms with van der Waals surface area (Å²) in [6.45, 7) is 8.42. The van der Waals surface area contributed by atoms with Crippen LogP contribution in [0.2, 0.25) is 0 Å². The Balaban J connectivity index is 2.45. The van der Waals surface area contributed by atoms with Gasteiger partial charge in [-0.15, -0.1) is 0 Å². The summed E-state index contributed by atoms with van der Waals surface area (Å²) in [5, 5.41) is 5.38. The van der Waals surface area contributed by atoms with Gasteiger partial charge in [-0.05, 0) is 45.4 Å². The number of rotatable bonds is 7. The van der Waals surface area contributed by atoms with Gasteiger partial charge in [-0.1, -0.05) is 6.07 Å². The second kappa shape index (κ2) is 8.41. The Morgan fingerprint density at radius 3 is 2.40 bits per heavy atom. The molecule has 1 aromatic rings. The lowest BCUT2D eigenvalue weighted by Crippen LogP contribution is -2.45. The van der Waals surface area contributed by atoms with Crippen molar-refractivity contribution in [2.24, 2.45) is 0 Å². The van der Waals surface area contributed by atoms with E-state index in [-0.39, 0.29) is 12.6 Å². The van der Waals surface area contributed by atoms with Gasteiger partial charge in [0.1, 0.15) is 0 Å². The van der Waals surface area contributed by atoms with Gasteiger partial charge in [0, 0.05) is 5.70 Å². The van der Waals surface area contributed by atoms with Crippen molar-refractivity contribution in [3.8, 4) is 11.5 Å². The lowest BCUT2D eigenvalue weighted by molar-refractivity contribution is -0.139. The van der Waals surface area contributed by atoms with Crippen LogP contribution in [0, 0.1) is 0 Å². The van der Waals surface area contributed by atoms with Crippen molar-refractivity contribution in [2.45, 2.75) is 33.7 Å². The maximum absolute atomic E-state index is 12.4. The van der Waals surface area contributed by atoms with Crippen LogP contribution in [0.15, 0.2) is 29.5 Å². The molecule has 2 N–H and O–H groups in total. The van der Waals surface area contributed by atoms with Crippen LogP contribution in [0.3, 0.4) is 0 Å². The van der Waals surface area contributed by atoms with E-state index >= 15 is 0 Å². The highest BCUT2D eigenvalue weighted by atomic mass is 16.5. The van der Waals surface area contributed by atoms with Gasteiger partial charge in [0.2, 0.25) is 0 Å². The van der Waals surface area contributed by atoms with Crippen molar-refractivity contribution in [2.75, 3.05) is 19.8 Å². The molecule has 1 atom stereocenters. The Morgan fingerprint density at radius 2 is 1.76 bits per heavy atom. The zero-order valence-electron chi connectivity index (χ0n) is 15.0. The number of esters is 1. The first kappa shape index (κ1) is 18.6. The quantitative estimate of drug-likeness (QED) is 0.740. The molecule has 2 rings (SSSR count). The molecule has 0 radical (unpaired) electrons. The normalized spacial score (nSPS) is 16.8. The molecule has 25 heavy (non-hydrogen) atoms. The monoisotopic (exact) mass is 348 g/mol. The Labute approximate surface area is 147 Å². The molecule has 2 amide bonds. The summed E-state index contributed by atoms with van der Waals surface area (Å²) >= 11 is 0. The van der Waals surface area contributed by atoms with E-state index in [1.165, 1.54) is 0 Å². The van der Waals surface area contributed by atoms with Crippen LogP contribution in [0.25, 0.3) is 0 Å². The number of hydrogen-bond acceptors (Lipinski definition) is 5. The van der Waals surface area contributed by atoms with Crippen LogP contribution < -0.4 is 20.1 Å². The Morgan fingerprint density at radius 1 is 1.08 bits per heavy atom. The van der Waals surface area contributed by atoms with Crippen LogP contribution in [0.1, 0.15) is 39.3 Å². The molecule has 0 saturated heterocycles. The van der Waals surface area contributed by atoms with E-state index in [4.69, 9.17) is 14.2 Å².